The molecule has 1 aromatic heterocycles. The Morgan fingerprint density at radius 3 is 2.47 bits per heavy atom. The lowest BCUT2D eigenvalue weighted by Crippen LogP contribution is -2.42. The molecule has 0 bridgehead atoms. The van der Waals surface area contributed by atoms with E-state index in [0.717, 1.165) is 55.7 Å². The Morgan fingerprint density at radius 2 is 1.72 bits per heavy atom. The lowest BCUT2D eigenvalue weighted by Gasteiger charge is -2.29. The van der Waals surface area contributed by atoms with E-state index in [1.165, 1.54) is 18.9 Å². The largest absolute Gasteiger partial charge is 0.416 e. The summed E-state index contributed by atoms with van der Waals surface area (Å²) in [6, 6.07) is 22.2. The van der Waals surface area contributed by atoms with Gasteiger partial charge in [-0.15, -0.1) is 0 Å². The number of amides is 1. The minimum atomic E-state index is -4.43. The van der Waals surface area contributed by atoms with E-state index in [9.17, 15) is 23.2 Å². The number of pyridine rings is 1. The summed E-state index contributed by atoms with van der Waals surface area (Å²) in [5, 5.41) is 13.1. The molecule has 43 heavy (non-hydrogen) atoms. The van der Waals surface area contributed by atoms with Gasteiger partial charge in [0.1, 0.15) is 5.82 Å². The van der Waals surface area contributed by atoms with E-state index in [1.807, 2.05) is 35.2 Å². The first-order chi connectivity index (χ1) is 20.8. The molecule has 0 aliphatic carbocycles. The first kappa shape index (κ1) is 28.7. The zero-order valence-electron chi connectivity index (χ0n) is 23.7. The van der Waals surface area contributed by atoms with E-state index in [1.54, 1.807) is 24.3 Å². The number of fused-ring (bicyclic) bond motifs is 1. The van der Waals surface area contributed by atoms with Gasteiger partial charge in [0.2, 0.25) is 0 Å². The van der Waals surface area contributed by atoms with Crippen molar-refractivity contribution in [3.05, 3.63) is 95.1 Å². The summed E-state index contributed by atoms with van der Waals surface area (Å²) in [5.74, 6) is 0.364. The SMILES string of the molecule is N#Cc1ccc(-c2ccc3nc(NCc4cccc(C(F)(F)F)c4)cc(C(=O)N4CCC[C@H]4CN4CCCC4)c3c2)cc1. The molecule has 6 nitrogen and oxygen atoms in total. The van der Waals surface area contributed by atoms with E-state index < -0.39 is 11.7 Å². The van der Waals surface area contributed by atoms with Gasteiger partial charge >= 0.3 is 6.18 Å². The molecule has 1 amide bonds. The Hall–Kier alpha value is -4.42. The molecular formula is C34H32F3N5O. The molecule has 1 N–H and O–H groups in total. The average molecular weight is 584 g/mol. The summed E-state index contributed by atoms with van der Waals surface area (Å²) in [7, 11) is 0. The number of nitrogens with one attached hydrogen (secondary N) is 1. The minimum absolute atomic E-state index is 0.0619. The summed E-state index contributed by atoms with van der Waals surface area (Å²) in [6.07, 6.45) is -0.138. The monoisotopic (exact) mass is 583 g/mol. The molecule has 3 heterocycles. The van der Waals surface area contributed by atoms with Crippen molar-refractivity contribution in [2.45, 2.75) is 44.4 Å². The Labute approximate surface area is 248 Å². The first-order valence-electron chi connectivity index (χ1n) is 14.7. The van der Waals surface area contributed by atoms with Gasteiger partial charge in [-0.05, 0) is 97.9 Å². The molecule has 4 aromatic rings. The fraction of sp³-hybridized carbons (Fsp3) is 0.324. The van der Waals surface area contributed by atoms with Crippen molar-refractivity contribution >= 4 is 22.6 Å². The highest BCUT2D eigenvalue weighted by Crippen LogP contribution is 2.32. The summed E-state index contributed by atoms with van der Waals surface area (Å²) < 4.78 is 39.8. The van der Waals surface area contributed by atoms with Gasteiger partial charge in [-0.25, -0.2) is 4.98 Å². The van der Waals surface area contributed by atoms with Gasteiger partial charge in [-0.1, -0.05) is 30.3 Å². The molecule has 2 aliphatic heterocycles. The van der Waals surface area contributed by atoms with Crippen LogP contribution in [0.4, 0.5) is 19.0 Å². The first-order valence-corrected chi connectivity index (χ1v) is 14.7. The number of rotatable bonds is 7. The van der Waals surface area contributed by atoms with Crippen molar-refractivity contribution in [3.8, 4) is 17.2 Å². The van der Waals surface area contributed by atoms with E-state index in [4.69, 9.17) is 4.98 Å². The third-order valence-electron chi connectivity index (χ3n) is 8.42. The quantitative estimate of drug-likeness (QED) is 0.251. The van der Waals surface area contributed by atoms with Crippen molar-refractivity contribution in [1.82, 2.24) is 14.8 Å². The van der Waals surface area contributed by atoms with Gasteiger partial charge in [-0.3, -0.25) is 4.79 Å². The Kier molecular flexibility index (Phi) is 8.04. The highest BCUT2D eigenvalue weighted by molar-refractivity contribution is 6.08. The summed E-state index contributed by atoms with van der Waals surface area (Å²) >= 11 is 0. The van der Waals surface area contributed by atoms with Crippen molar-refractivity contribution in [3.63, 3.8) is 0 Å². The second-order valence-electron chi connectivity index (χ2n) is 11.3. The highest BCUT2D eigenvalue weighted by atomic mass is 19.4. The predicted molar refractivity (Wildman–Crippen MR) is 160 cm³/mol. The van der Waals surface area contributed by atoms with Gasteiger partial charge < -0.3 is 15.1 Å². The molecule has 2 saturated heterocycles. The molecule has 2 aliphatic rings. The van der Waals surface area contributed by atoms with Crippen LogP contribution in [0.25, 0.3) is 22.0 Å². The van der Waals surface area contributed by atoms with Crippen LogP contribution in [0.3, 0.4) is 0 Å². The minimum Gasteiger partial charge on any atom is -0.366 e. The number of carbonyl (C=O) groups is 1. The third kappa shape index (κ3) is 6.35. The number of nitriles is 1. The molecule has 0 radical (unpaired) electrons. The topological polar surface area (TPSA) is 72.3 Å². The molecule has 3 aromatic carbocycles. The van der Waals surface area contributed by atoms with E-state index in [-0.39, 0.29) is 18.5 Å². The Bertz CT molecular complexity index is 1670. The number of nitrogens with zero attached hydrogens (tertiary/aromatic N) is 4. The maximum Gasteiger partial charge on any atom is 0.416 e. The van der Waals surface area contributed by atoms with Crippen LogP contribution >= 0.6 is 0 Å². The van der Waals surface area contributed by atoms with E-state index in [2.05, 4.69) is 16.3 Å². The Balaban J connectivity index is 1.35. The number of anilines is 1. The van der Waals surface area contributed by atoms with Crippen LogP contribution in [0.5, 0.6) is 0 Å². The van der Waals surface area contributed by atoms with Gasteiger partial charge in [0.25, 0.3) is 5.91 Å². The number of benzene rings is 3. The zero-order valence-corrected chi connectivity index (χ0v) is 23.7. The van der Waals surface area contributed by atoms with Crippen molar-refractivity contribution in [2.75, 3.05) is 31.5 Å². The van der Waals surface area contributed by atoms with Crippen LogP contribution in [-0.4, -0.2) is 52.9 Å². The number of hydrogen-bond donors (Lipinski definition) is 1. The molecule has 220 valence electrons. The molecule has 2 fully saturated rings. The Morgan fingerprint density at radius 1 is 0.953 bits per heavy atom. The van der Waals surface area contributed by atoms with Gasteiger partial charge in [0.15, 0.2) is 0 Å². The highest BCUT2D eigenvalue weighted by Gasteiger charge is 2.33. The summed E-state index contributed by atoms with van der Waals surface area (Å²) in [4.78, 5) is 23.4. The van der Waals surface area contributed by atoms with Gasteiger partial charge in [0, 0.05) is 31.1 Å². The number of carbonyl (C=O) groups excluding carboxylic acids is 1. The number of aromatic nitrogens is 1. The smallest absolute Gasteiger partial charge is 0.366 e. The second-order valence-corrected chi connectivity index (χ2v) is 11.3. The van der Waals surface area contributed by atoms with Crippen molar-refractivity contribution in [2.24, 2.45) is 0 Å². The van der Waals surface area contributed by atoms with Gasteiger partial charge in [-0.2, -0.15) is 18.4 Å². The summed E-state index contributed by atoms with van der Waals surface area (Å²) in [6.45, 7) is 3.80. The molecule has 9 heteroatoms. The van der Waals surface area contributed by atoms with Gasteiger partial charge in [0.05, 0.1) is 28.3 Å². The number of likely N-dealkylation sites (tertiary alicyclic amines) is 2. The molecule has 6 rings (SSSR count). The number of alkyl halides is 3. The fourth-order valence-electron chi connectivity index (χ4n) is 6.17. The maximum absolute atomic E-state index is 14.2. The van der Waals surface area contributed by atoms with Crippen LogP contribution in [0.15, 0.2) is 72.8 Å². The number of halogens is 3. The molecule has 0 spiro atoms. The van der Waals surface area contributed by atoms with Crippen molar-refractivity contribution < 1.29 is 18.0 Å². The summed E-state index contributed by atoms with van der Waals surface area (Å²) in [5.41, 5.74) is 3.27. The molecule has 0 unspecified atom stereocenters. The predicted octanol–water partition coefficient (Wildman–Crippen LogP) is 7.10. The van der Waals surface area contributed by atoms with E-state index >= 15 is 0 Å². The van der Waals surface area contributed by atoms with Crippen LogP contribution < -0.4 is 5.32 Å². The third-order valence-corrected chi connectivity index (χ3v) is 8.42. The standard InChI is InChI=1S/C34H32F3N5O/c35-34(36,37)27-6-3-5-24(17-27)21-39-32-19-30(33(43)42-16-4-7-28(42)22-41-14-1-2-15-41)29-18-26(12-13-31(29)40-32)25-10-8-23(20-38)9-11-25/h3,5-6,8-13,17-19,28H,1-2,4,7,14-16,21-22H2,(H,39,40)/t28-/m0/s1. The molecule has 0 saturated carbocycles. The maximum atomic E-state index is 14.2. The van der Waals surface area contributed by atoms with Crippen molar-refractivity contribution in [1.29, 1.82) is 5.26 Å². The molecular weight excluding hydrogens is 551 g/mol. The lowest BCUT2D eigenvalue weighted by molar-refractivity contribution is -0.137. The van der Waals surface area contributed by atoms with E-state index in [0.29, 0.717) is 40.0 Å². The van der Waals surface area contributed by atoms with Crippen LogP contribution in [0.1, 0.15) is 52.7 Å². The van der Waals surface area contributed by atoms with Crippen LogP contribution in [-0.2, 0) is 12.7 Å². The van der Waals surface area contributed by atoms with Crippen LogP contribution in [0, 0.1) is 11.3 Å². The zero-order chi connectivity index (χ0) is 30.0. The average Bonchev–Trinajstić information content (AvgIpc) is 3.71. The van der Waals surface area contributed by atoms with Crippen LogP contribution in [0.2, 0.25) is 0 Å². The normalized spacial score (nSPS) is 17.3. The molecule has 1 atom stereocenters. The lowest BCUT2D eigenvalue weighted by atomic mass is 9.99. The fourth-order valence-corrected chi connectivity index (χ4v) is 6.17. The second kappa shape index (κ2) is 12.1. The number of hydrogen-bond acceptors (Lipinski definition) is 5.